The molecule has 5 nitrogen and oxygen atoms in total. The monoisotopic (exact) mass is 338 g/mol. The molecule has 2 N–H and O–H groups in total. The highest BCUT2D eigenvalue weighted by Gasteiger charge is 2.08. The molecule has 3 aromatic rings. The van der Waals surface area contributed by atoms with Crippen molar-refractivity contribution in [2.24, 2.45) is 0 Å². The molecule has 0 unspecified atom stereocenters. The fourth-order valence-electron chi connectivity index (χ4n) is 2.07. The second-order valence-corrected chi connectivity index (χ2v) is 5.54. The molecule has 3 rings (SSSR count). The molecule has 1 aromatic heterocycles. The maximum Gasteiger partial charge on any atom is 0.272 e. The first-order valence-corrected chi connectivity index (χ1v) is 7.77. The highest BCUT2D eigenvalue weighted by molar-refractivity contribution is 6.30. The van der Waals surface area contributed by atoms with Gasteiger partial charge in [-0.3, -0.25) is 4.79 Å². The van der Waals surface area contributed by atoms with Crippen LogP contribution in [0.1, 0.15) is 16.1 Å². The maximum atomic E-state index is 12.1. The lowest BCUT2D eigenvalue weighted by molar-refractivity contribution is 0.0945. The predicted octanol–water partition coefficient (Wildman–Crippen LogP) is 3.80. The van der Waals surface area contributed by atoms with Gasteiger partial charge in [-0.15, -0.1) is 10.2 Å². The lowest BCUT2D eigenvalue weighted by Gasteiger charge is -2.07. The Morgan fingerprint density at radius 1 is 0.917 bits per heavy atom. The fraction of sp³-hybridized carbons (Fsp3) is 0.0556. The molecule has 0 aliphatic rings. The third kappa shape index (κ3) is 4.30. The van der Waals surface area contributed by atoms with Crippen LogP contribution in [0.25, 0.3) is 0 Å². The molecule has 0 aliphatic heterocycles. The Morgan fingerprint density at radius 3 is 2.33 bits per heavy atom. The van der Waals surface area contributed by atoms with Crippen LogP contribution < -0.4 is 10.6 Å². The first kappa shape index (κ1) is 16.0. The summed E-state index contributed by atoms with van der Waals surface area (Å²) in [4.78, 5) is 12.1. The van der Waals surface area contributed by atoms with Crippen molar-refractivity contribution in [3.05, 3.63) is 83.0 Å². The molecule has 2 aromatic carbocycles. The van der Waals surface area contributed by atoms with Crippen LogP contribution in [0.3, 0.4) is 0 Å². The van der Waals surface area contributed by atoms with E-state index in [9.17, 15) is 4.79 Å². The molecule has 0 spiro atoms. The summed E-state index contributed by atoms with van der Waals surface area (Å²) in [5.41, 5.74) is 2.14. The summed E-state index contributed by atoms with van der Waals surface area (Å²) in [6.45, 7) is 0.451. The SMILES string of the molecule is O=C(NCc1ccccc1)c1ccc(Nc2ccc(Cl)cc2)nn1. The van der Waals surface area contributed by atoms with Crippen molar-refractivity contribution in [1.82, 2.24) is 15.5 Å². The van der Waals surface area contributed by atoms with E-state index in [2.05, 4.69) is 20.8 Å². The molecule has 120 valence electrons. The number of carbonyl (C=O) groups is 1. The number of benzene rings is 2. The van der Waals surface area contributed by atoms with Crippen molar-refractivity contribution < 1.29 is 4.79 Å². The van der Waals surface area contributed by atoms with Crippen molar-refractivity contribution in [3.63, 3.8) is 0 Å². The Labute approximate surface area is 144 Å². The molecule has 0 saturated heterocycles. The first-order chi connectivity index (χ1) is 11.7. The van der Waals surface area contributed by atoms with Gasteiger partial charge in [0, 0.05) is 17.3 Å². The number of hydrogen-bond acceptors (Lipinski definition) is 4. The van der Waals surface area contributed by atoms with Gasteiger partial charge in [0.15, 0.2) is 11.5 Å². The van der Waals surface area contributed by atoms with E-state index in [0.29, 0.717) is 17.4 Å². The van der Waals surface area contributed by atoms with Gasteiger partial charge in [0.05, 0.1) is 0 Å². The molecule has 6 heteroatoms. The summed E-state index contributed by atoms with van der Waals surface area (Å²) in [6.07, 6.45) is 0. The average molecular weight is 339 g/mol. The number of anilines is 2. The normalized spacial score (nSPS) is 10.2. The van der Waals surface area contributed by atoms with E-state index < -0.39 is 0 Å². The Hall–Kier alpha value is -2.92. The largest absolute Gasteiger partial charge is 0.347 e. The van der Waals surface area contributed by atoms with E-state index >= 15 is 0 Å². The van der Waals surface area contributed by atoms with Crippen molar-refractivity contribution in [2.45, 2.75) is 6.54 Å². The van der Waals surface area contributed by atoms with E-state index in [1.807, 2.05) is 42.5 Å². The Balaban J connectivity index is 1.59. The number of nitrogens with zero attached hydrogens (tertiary/aromatic N) is 2. The van der Waals surface area contributed by atoms with Crippen LogP contribution >= 0.6 is 11.6 Å². The number of carbonyl (C=O) groups excluding carboxylic acids is 1. The zero-order valence-electron chi connectivity index (χ0n) is 12.7. The van der Waals surface area contributed by atoms with Gasteiger partial charge < -0.3 is 10.6 Å². The van der Waals surface area contributed by atoms with E-state index in [1.54, 1.807) is 24.3 Å². The molecule has 1 amide bonds. The number of aromatic nitrogens is 2. The van der Waals surface area contributed by atoms with E-state index in [-0.39, 0.29) is 11.6 Å². The average Bonchev–Trinajstić information content (AvgIpc) is 2.63. The second kappa shape index (κ2) is 7.57. The minimum absolute atomic E-state index is 0.260. The highest BCUT2D eigenvalue weighted by atomic mass is 35.5. The van der Waals surface area contributed by atoms with Crippen molar-refractivity contribution >= 4 is 29.0 Å². The third-order valence-corrected chi connectivity index (χ3v) is 3.56. The lowest BCUT2D eigenvalue weighted by Crippen LogP contribution is -2.24. The number of rotatable bonds is 5. The van der Waals surface area contributed by atoms with E-state index in [0.717, 1.165) is 11.3 Å². The summed E-state index contributed by atoms with van der Waals surface area (Å²) < 4.78 is 0. The molecule has 0 saturated carbocycles. The van der Waals surface area contributed by atoms with Crippen LogP contribution in [0.5, 0.6) is 0 Å². The van der Waals surface area contributed by atoms with Gasteiger partial charge in [0.2, 0.25) is 0 Å². The molecule has 24 heavy (non-hydrogen) atoms. The molecular weight excluding hydrogens is 324 g/mol. The predicted molar refractivity (Wildman–Crippen MR) is 94.4 cm³/mol. The topological polar surface area (TPSA) is 66.9 Å². The number of halogens is 1. The molecule has 1 heterocycles. The highest BCUT2D eigenvalue weighted by Crippen LogP contribution is 2.17. The van der Waals surface area contributed by atoms with Crippen LogP contribution in [-0.4, -0.2) is 16.1 Å². The van der Waals surface area contributed by atoms with Gasteiger partial charge in [-0.25, -0.2) is 0 Å². The molecule has 0 atom stereocenters. The second-order valence-electron chi connectivity index (χ2n) is 5.10. The van der Waals surface area contributed by atoms with Crippen LogP contribution in [0.4, 0.5) is 11.5 Å². The van der Waals surface area contributed by atoms with Gasteiger partial charge in [-0.1, -0.05) is 41.9 Å². The summed E-state index contributed by atoms with van der Waals surface area (Å²) in [6, 6.07) is 20.3. The van der Waals surface area contributed by atoms with Gasteiger partial charge in [-0.05, 0) is 42.0 Å². The van der Waals surface area contributed by atoms with Crippen molar-refractivity contribution in [2.75, 3.05) is 5.32 Å². The molecule has 0 fully saturated rings. The van der Waals surface area contributed by atoms with E-state index in [4.69, 9.17) is 11.6 Å². The summed E-state index contributed by atoms with van der Waals surface area (Å²) in [7, 11) is 0. The van der Waals surface area contributed by atoms with Crippen molar-refractivity contribution in [1.29, 1.82) is 0 Å². The third-order valence-electron chi connectivity index (χ3n) is 3.31. The van der Waals surface area contributed by atoms with Gasteiger partial charge in [0.1, 0.15) is 0 Å². The molecule has 0 radical (unpaired) electrons. The zero-order valence-corrected chi connectivity index (χ0v) is 13.5. The van der Waals surface area contributed by atoms with Crippen LogP contribution in [-0.2, 0) is 6.54 Å². The summed E-state index contributed by atoms with van der Waals surface area (Å²) in [5, 5.41) is 14.5. The fourth-order valence-corrected chi connectivity index (χ4v) is 2.20. The van der Waals surface area contributed by atoms with E-state index in [1.165, 1.54) is 0 Å². The molecular formula is C18H15ClN4O. The number of amides is 1. The van der Waals surface area contributed by atoms with Crippen molar-refractivity contribution in [3.8, 4) is 0 Å². The van der Waals surface area contributed by atoms with Crippen LogP contribution in [0, 0.1) is 0 Å². The lowest BCUT2D eigenvalue weighted by atomic mass is 10.2. The van der Waals surface area contributed by atoms with Gasteiger partial charge >= 0.3 is 0 Å². The summed E-state index contributed by atoms with van der Waals surface area (Å²) in [5.74, 6) is 0.293. The summed E-state index contributed by atoms with van der Waals surface area (Å²) >= 11 is 5.84. The number of nitrogens with one attached hydrogen (secondary N) is 2. The molecule has 0 aliphatic carbocycles. The first-order valence-electron chi connectivity index (χ1n) is 7.39. The standard InChI is InChI=1S/C18H15ClN4O/c19-14-6-8-15(9-7-14)21-17-11-10-16(22-23-17)18(24)20-12-13-4-2-1-3-5-13/h1-11H,12H2,(H,20,24)(H,21,23). The Bertz CT molecular complexity index is 805. The zero-order chi connectivity index (χ0) is 16.8. The van der Waals surface area contributed by atoms with Crippen LogP contribution in [0.15, 0.2) is 66.7 Å². The smallest absolute Gasteiger partial charge is 0.272 e. The number of hydrogen-bond donors (Lipinski definition) is 2. The van der Waals surface area contributed by atoms with Gasteiger partial charge in [-0.2, -0.15) is 0 Å². The minimum atomic E-state index is -0.260. The minimum Gasteiger partial charge on any atom is -0.347 e. The maximum absolute atomic E-state index is 12.1. The Kier molecular flexibility index (Phi) is 5.03. The molecule has 0 bridgehead atoms. The van der Waals surface area contributed by atoms with Crippen LogP contribution in [0.2, 0.25) is 5.02 Å². The quantitative estimate of drug-likeness (QED) is 0.742. The Morgan fingerprint density at radius 2 is 1.67 bits per heavy atom. The van der Waals surface area contributed by atoms with Gasteiger partial charge in [0.25, 0.3) is 5.91 Å².